The highest BCUT2D eigenvalue weighted by Gasteiger charge is 2.14. The van der Waals surface area contributed by atoms with Gasteiger partial charge in [0.25, 0.3) is 0 Å². The monoisotopic (exact) mass is 314 g/mol. The predicted molar refractivity (Wildman–Crippen MR) is 90.3 cm³/mol. The quantitative estimate of drug-likeness (QED) is 0.885. The van der Waals surface area contributed by atoms with Gasteiger partial charge in [0.15, 0.2) is 5.82 Å². The highest BCUT2D eigenvalue weighted by Crippen LogP contribution is 2.21. The van der Waals surface area contributed by atoms with Crippen LogP contribution in [0.4, 0.5) is 5.82 Å². The molecule has 23 heavy (non-hydrogen) atoms. The summed E-state index contributed by atoms with van der Waals surface area (Å²) in [7, 11) is 1.83. The fourth-order valence-electron chi connectivity index (χ4n) is 2.31. The number of hydrogen-bond acceptors (Lipinski definition) is 5. The number of hydrogen-bond donors (Lipinski definition) is 1. The summed E-state index contributed by atoms with van der Waals surface area (Å²) in [6, 6.07) is 8.55. The number of carbonyl (C=O) groups is 1. The van der Waals surface area contributed by atoms with Gasteiger partial charge in [-0.25, -0.2) is 9.97 Å². The molecule has 122 valence electrons. The lowest BCUT2D eigenvalue weighted by molar-refractivity contribution is -0.129. The minimum absolute atomic E-state index is 0.0648. The van der Waals surface area contributed by atoms with Crippen LogP contribution < -0.4 is 4.90 Å². The second-order valence-electron chi connectivity index (χ2n) is 5.21. The third-order valence-electron chi connectivity index (χ3n) is 3.62. The molecule has 0 radical (unpaired) electrons. The fraction of sp³-hybridized carbons (Fsp3) is 0.353. The first-order chi connectivity index (χ1) is 11.0. The Hall–Kier alpha value is -2.63. The van der Waals surface area contributed by atoms with Crippen molar-refractivity contribution in [1.82, 2.24) is 14.9 Å². The summed E-state index contributed by atoms with van der Waals surface area (Å²) in [6.45, 7) is 5.58. The number of aromatic nitrogens is 2. The van der Waals surface area contributed by atoms with E-state index < -0.39 is 0 Å². The van der Waals surface area contributed by atoms with E-state index in [4.69, 9.17) is 0 Å². The number of phenolic OH excluding ortho intramolecular Hbond substituents is 1. The molecule has 1 aromatic carbocycles. The SMILES string of the molecule is CCN(CC)C(=O)CN(C)c1ccnc(-c2cccc(O)c2)n1. The lowest BCUT2D eigenvalue weighted by Gasteiger charge is -2.23. The van der Waals surface area contributed by atoms with Crippen LogP contribution in [0.25, 0.3) is 11.4 Å². The number of likely N-dealkylation sites (N-methyl/N-ethyl adjacent to an activating group) is 2. The van der Waals surface area contributed by atoms with Gasteiger partial charge >= 0.3 is 0 Å². The number of rotatable bonds is 6. The fourth-order valence-corrected chi connectivity index (χ4v) is 2.31. The Kier molecular flexibility index (Phi) is 5.51. The lowest BCUT2D eigenvalue weighted by Crippen LogP contribution is -2.39. The van der Waals surface area contributed by atoms with Crippen molar-refractivity contribution in [2.24, 2.45) is 0 Å². The first-order valence-corrected chi connectivity index (χ1v) is 7.66. The average Bonchev–Trinajstić information content (AvgIpc) is 2.56. The maximum Gasteiger partial charge on any atom is 0.242 e. The van der Waals surface area contributed by atoms with Crippen LogP contribution in [-0.2, 0) is 4.79 Å². The molecule has 0 aliphatic carbocycles. The van der Waals surface area contributed by atoms with E-state index in [-0.39, 0.29) is 18.2 Å². The van der Waals surface area contributed by atoms with Gasteiger partial charge in [0.05, 0.1) is 6.54 Å². The third kappa shape index (κ3) is 4.18. The van der Waals surface area contributed by atoms with Crippen molar-refractivity contribution in [2.45, 2.75) is 13.8 Å². The van der Waals surface area contributed by atoms with Crippen LogP contribution in [0.5, 0.6) is 5.75 Å². The maximum atomic E-state index is 12.2. The number of nitrogens with zero attached hydrogens (tertiary/aromatic N) is 4. The van der Waals surface area contributed by atoms with Crippen LogP contribution in [0.15, 0.2) is 36.5 Å². The Morgan fingerprint density at radius 3 is 2.61 bits per heavy atom. The van der Waals surface area contributed by atoms with Gasteiger partial charge in [0.1, 0.15) is 11.6 Å². The molecule has 1 heterocycles. The van der Waals surface area contributed by atoms with Crippen LogP contribution in [0, 0.1) is 0 Å². The summed E-state index contributed by atoms with van der Waals surface area (Å²) in [6.07, 6.45) is 1.65. The molecule has 2 aromatic rings. The molecular weight excluding hydrogens is 292 g/mol. The molecule has 0 fully saturated rings. The van der Waals surface area contributed by atoms with E-state index in [0.717, 1.165) is 5.56 Å². The van der Waals surface area contributed by atoms with Gasteiger partial charge in [0, 0.05) is 31.9 Å². The standard InChI is InChI=1S/C17H22N4O2/c1-4-21(5-2)16(23)12-20(3)15-9-10-18-17(19-15)13-7-6-8-14(22)11-13/h6-11,22H,4-5,12H2,1-3H3. The molecule has 0 aliphatic heterocycles. The number of carbonyl (C=O) groups excluding carboxylic acids is 1. The van der Waals surface area contributed by atoms with E-state index in [1.54, 1.807) is 40.3 Å². The second kappa shape index (κ2) is 7.58. The van der Waals surface area contributed by atoms with Crippen molar-refractivity contribution >= 4 is 11.7 Å². The number of amides is 1. The molecule has 1 aromatic heterocycles. The average molecular weight is 314 g/mol. The topological polar surface area (TPSA) is 69.6 Å². The lowest BCUT2D eigenvalue weighted by atomic mass is 10.2. The van der Waals surface area contributed by atoms with Crippen LogP contribution >= 0.6 is 0 Å². The molecule has 0 aliphatic rings. The van der Waals surface area contributed by atoms with Crippen LogP contribution in [-0.4, -0.2) is 52.6 Å². The van der Waals surface area contributed by atoms with Crippen molar-refractivity contribution in [3.05, 3.63) is 36.5 Å². The number of phenols is 1. The highest BCUT2D eigenvalue weighted by atomic mass is 16.3. The Balaban J connectivity index is 2.17. The minimum Gasteiger partial charge on any atom is -0.508 e. The Morgan fingerprint density at radius 2 is 1.96 bits per heavy atom. The minimum atomic E-state index is 0.0648. The van der Waals surface area contributed by atoms with E-state index in [9.17, 15) is 9.90 Å². The van der Waals surface area contributed by atoms with Crippen molar-refractivity contribution in [2.75, 3.05) is 31.6 Å². The van der Waals surface area contributed by atoms with Crippen molar-refractivity contribution < 1.29 is 9.90 Å². The normalized spacial score (nSPS) is 10.4. The molecule has 0 spiro atoms. The van der Waals surface area contributed by atoms with Gasteiger partial charge in [-0.15, -0.1) is 0 Å². The van der Waals surface area contributed by atoms with E-state index >= 15 is 0 Å². The summed E-state index contributed by atoms with van der Waals surface area (Å²) < 4.78 is 0. The van der Waals surface area contributed by atoms with Gasteiger partial charge in [-0.1, -0.05) is 12.1 Å². The van der Waals surface area contributed by atoms with E-state index in [2.05, 4.69) is 9.97 Å². The summed E-state index contributed by atoms with van der Waals surface area (Å²) in [4.78, 5) is 24.5. The Morgan fingerprint density at radius 1 is 1.22 bits per heavy atom. The summed E-state index contributed by atoms with van der Waals surface area (Å²) in [5, 5.41) is 9.57. The maximum absolute atomic E-state index is 12.2. The molecule has 1 amide bonds. The molecule has 0 atom stereocenters. The molecule has 0 saturated carbocycles. The van der Waals surface area contributed by atoms with Crippen molar-refractivity contribution in [1.29, 1.82) is 0 Å². The largest absolute Gasteiger partial charge is 0.508 e. The smallest absolute Gasteiger partial charge is 0.242 e. The molecule has 6 nitrogen and oxygen atoms in total. The van der Waals surface area contributed by atoms with Crippen molar-refractivity contribution in [3.8, 4) is 17.1 Å². The van der Waals surface area contributed by atoms with Crippen LogP contribution in [0.1, 0.15) is 13.8 Å². The molecule has 6 heteroatoms. The van der Waals surface area contributed by atoms with Crippen LogP contribution in [0.2, 0.25) is 0 Å². The molecular formula is C17H22N4O2. The summed E-state index contributed by atoms with van der Waals surface area (Å²) in [5.74, 6) is 1.41. The van der Waals surface area contributed by atoms with Gasteiger partial charge in [-0.3, -0.25) is 4.79 Å². The van der Waals surface area contributed by atoms with Crippen LogP contribution in [0.3, 0.4) is 0 Å². The molecule has 0 saturated heterocycles. The number of aromatic hydroxyl groups is 1. The van der Waals surface area contributed by atoms with Gasteiger partial charge in [0.2, 0.25) is 5.91 Å². The predicted octanol–water partition coefficient (Wildman–Crippen LogP) is 2.15. The number of benzene rings is 1. The third-order valence-corrected chi connectivity index (χ3v) is 3.62. The molecule has 2 rings (SSSR count). The van der Waals surface area contributed by atoms with E-state index in [1.807, 2.05) is 27.0 Å². The van der Waals surface area contributed by atoms with Crippen molar-refractivity contribution in [3.63, 3.8) is 0 Å². The van der Waals surface area contributed by atoms with Gasteiger partial charge in [-0.05, 0) is 32.0 Å². The summed E-state index contributed by atoms with van der Waals surface area (Å²) in [5.41, 5.74) is 0.732. The zero-order valence-electron chi connectivity index (χ0n) is 13.7. The Bertz CT molecular complexity index is 671. The van der Waals surface area contributed by atoms with E-state index in [0.29, 0.717) is 24.7 Å². The zero-order chi connectivity index (χ0) is 16.8. The zero-order valence-corrected chi connectivity index (χ0v) is 13.7. The summed E-state index contributed by atoms with van der Waals surface area (Å²) >= 11 is 0. The van der Waals surface area contributed by atoms with Gasteiger partial charge in [-0.2, -0.15) is 0 Å². The van der Waals surface area contributed by atoms with E-state index in [1.165, 1.54) is 0 Å². The number of anilines is 1. The first-order valence-electron chi connectivity index (χ1n) is 7.66. The molecule has 0 bridgehead atoms. The molecule has 1 N–H and O–H groups in total. The highest BCUT2D eigenvalue weighted by molar-refractivity contribution is 5.81. The van der Waals surface area contributed by atoms with Gasteiger partial charge < -0.3 is 14.9 Å². The Labute approximate surface area is 136 Å². The second-order valence-corrected chi connectivity index (χ2v) is 5.21. The molecule has 0 unspecified atom stereocenters. The first kappa shape index (κ1) is 16.7.